The number of nitrogens with zero attached hydrogens (tertiary/aromatic N) is 2. The zero-order valence-corrected chi connectivity index (χ0v) is 15.9. The molecule has 1 aliphatic rings. The fraction of sp³-hybridized carbons (Fsp3) is 0.409. The summed E-state index contributed by atoms with van der Waals surface area (Å²) in [4.78, 5) is 6.70. The van der Waals surface area contributed by atoms with Crippen molar-refractivity contribution >= 4 is 5.96 Å². The van der Waals surface area contributed by atoms with Gasteiger partial charge in [-0.25, -0.2) is 4.39 Å². The molecule has 0 saturated carbocycles. The van der Waals surface area contributed by atoms with Crippen molar-refractivity contribution in [3.63, 3.8) is 0 Å². The molecule has 1 aliphatic heterocycles. The van der Waals surface area contributed by atoms with Crippen LogP contribution in [0.2, 0.25) is 0 Å². The SMILES string of the molecule is CN=C(NCCc1ccc(F)cc1)N1CCC(COCc2ccccc2)C1. The van der Waals surface area contributed by atoms with Crippen LogP contribution in [0.1, 0.15) is 17.5 Å². The first-order chi connectivity index (χ1) is 13.2. The van der Waals surface area contributed by atoms with E-state index >= 15 is 0 Å². The number of benzene rings is 2. The summed E-state index contributed by atoms with van der Waals surface area (Å²) in [6.07, 6.45) is 1.96. The van der Waals surface area contributed by atoms with Crippen molar-refractivity contribution in [2.45, 2.75) is 19.4 Å². The third-order valence-electron chi connectivity index (χ3n) is 4.87. The Morgan fingerprint density at radius 2 is 1.93 bits per heavy atom. The largest absolute Gasteiger partial charge is 0.376 e. The molecule has 0 aliphatic carbocycles. The fourth-order valence-corrected chi connectivity index (χ4v) is 3.38. The van der Waals surface area contributed by atoms with Crippen molar-refractivity contribution in [3.05, 3.63) is 71.5 Å². The second-order valence-electron chi connectivity index (χ2n) is 6.95. The Morgan fingerprint density at radius 3 is 2.67 bits per heavy atom. The Balaban J connectivity index is 1.37. The minimum atomic E-state index is -0.194. The van der Waals surface area contributed by atoms with Crippen molar-refractivity contribution in [2.24, 2.45) is 10.9 Å². The van der Waals surface area contributed by atoms with E-state index in [9.17, 15) is 4.39 Å². The van der Waals surface area contributed by atoms with Crippen LogP contribution in [0.3, 0.4) is 0 Å². The van der Waals surface area contributed by atoms with E-state index in [4.69, 9.17) is 4.74 Å². The molecule has 0 spiro atoms. The second-order valence-corrected chi connectivity index (χ2v) is 6.95. The lowest BCUT2D eigenvalue weighted by Gasteiger charge is -2.21. The van der Waals surface area contributed by atoms with Crippen LogP contribution in [0.15, 0.2) is 59.6 Å². The van der Waals surface area contributed by atoms with E-state index in [1.807, 2.05) is 37.4 Å². The number of halogens is 1. The lowest BCUT2D eigenvalue weighted by Crippen LogP contribution is -2.41. The predicted molar refractivity (Wildman–Crippen MR) is 107 cm³/mol. The minimum absolute atomic E-state index is 0.194. The first-order valence-corrected chi connectivity index (χ1v) is 9.56. The Bertz CT molecular complexity index is 718. The average molecular weight is 369 g/mol. The van der Waals surface area contributed by atoms with Gasteiger partial charge in [0.05, 0.1) is 13.2 Å². The van der Waals surface area contributed by atoms with Crippen LogP contribution >= 0.6 is 0 Å². The fourth-order valence-electron chi connectivity index (χ4n) is 3.38. The molecule has 3 rings (SSSR count). The number of likely N-dealkylation sites (tertiary alicyclic amines) is 1. The minimum Gasteiger partial charge on any atom is -0.376 e. The summed E-state index contributed by atoms with van der Waals surface area (Å²) in [6.45, 7) is 4.19. The Labute approximate surface area is 161 Å². The summed E-state index contributed by atoms with van der Waals surface area (Å²) in [7, 11) is 1.82. The molecule has 1 fully saturated rings. The topological polar surface area (TPSA) is 36.9 Å². The molecule has 0 radical (unpaired) electrons. The molecule has 0 aromatic heterocycles. The van der Waals surface area contributed by atoms with Crippen molar-refractivity contribution in [2.75, 3.05) is 33.3 Å². The molecule has 1 saturated heterocycles. The molecule has 2 aromatic rings. The lowest BCUT2D eigenvalue weighted by atomic mass is 10.1. The van der Waals surface area contributed by atoms with Crippen molar-refractivity contribution in [3.8, 4) is 0 Å². The van der Waals surface area contributed by atoms with Crippen LogP contribution in [0, 0.1) is 11.7 Å². The van der Waals surface area contributed by atoms with Gasteiger partial charge in [0.25, 0.3) is 0 Å². The van der Waals surface area contributed by atoms with Gasteiger partial charge in [-0.05, 0) is 36.1 Å². The van der Waals surface area contributed by atoms with E-state index in [-0.39, 0.29) is 5.82 Å². The van der Waals surface area contributed by atoms with Gasteiger partial charge in [0.15, 0.2) is 5.96 Å². The number of hydrogen-bond acceptors (Lipinski definition) is 2. The highest BCUT2D eigenvalue weighted by atomic mass is 19.1. The Kier molecular flexibility index (Phi) is 7.22. The number of nitrogens with one attached hydrogen (secondary N) is 1. The first kappa shape index (κ1) is 19.4. The summed E-state index contributed by atoms with van der Waals surface area (Å²) in [5.41, 5.74) is 2.33. The molecule has 1 N–H and O–H groups in total. The van der Waals surface area contributed by atoms with Crippen LogP contribution in [0.5, 0.6) is 0 Å². The van der Waals surface area contributed by atoms with Gasteiger partial charge in [-0.3, -0.25) is 4.99 Å². The maximum atomic E-state index is 13.0. The zero-order chi connectivity index (χ0) is 18.9. The molecule has 5 heteroatoms. The smallest absolute Gasteiger partial charge is 0.193 e. The number of aliphatic imine (C=N–C) groups is 1. The van der Waals surface area contributed by atoms with Gasteiger partial charge in [-0.2, -0.15) is 0 Å². The second kappa shape index (κ2) is 10.1. The highest BCUT2D eigenvalue weighted by Gasteiger charge is 2.24. The molecule has 144 valence electrons. The van der Waals surface area contributed by atoms with E-state index in [1.54, 1.807) is 0 Å². The van der Waals surface area contributed by atoms with Gasteiger partial charge in [0.1, 0.15) is 5.82 Å². The third kappa shape index (κ3) is 6.07. The monoisotopic (exact) mass is 369 g/mol. The maximum Gasteiger partial charge on any atom is 0.193 e. The molecule has 1 atom stereocenters. The standard InChI is InChI=1S/C22H28FN3O/c1-24-22(25-13-11-18-7-9-21(23)10-8-18)26-14-12-20(15-26)17-27-16-19-5-3-2-4-6-19/h2-10,20H,11-17H2,1H3,(H,24,25). The molecule has 1 heterocycles. The third-order valence-corrected chi connectivity index (χ3v) is 4.87. The molecule has 4 nitrogen and oxygen atoms in total. The molecule has 27 heavy (non-hydrogen) atoms. The van der Waals surface area contributed by atoms with E-state index in [0.717, 1.165) is 50.6 Å². The Morgan fingerprint density at radius 1 is 1.15 bits per heavy atom. The molecule has 0 amide bonds. The molecular formula is C22H28FN3O. The Hall–Kier alpha value is -2.40. The van der Waals surface area contributed by atoms with Crippen LogP contribution in [-0.2, 0) is 17.8 Å². The number of guanidine groups is 1. The number of rotatable bonds is 7. The van der Waals surface area contributed by atoms with Gasteiger partial charge >= 0.3 is 0 Å². The average Bonchev–Trinajstić information content (AvgIpc) is 3.16. The van der Waals surface area contributed by atoms with E-state index in [0.29, 0.717) is 12.5 Å². The molecule has 2 aromatic carbocycles. The zero-order valence-electron chi connectivity index (χ0n) is 15.9. The molecule has 0 bridgehead atoms. The summed E-state index contributed by atoms with van der Waals surface area (Å²) < 4.78 is 18.9. The molecule has 1 unspecified atom stereocenters. The van der Waals surface area contributed by atoms with Crippen LogP contribution < -0.4 is 5.32 Å². The van der Waals surface area contributed by atoms with Gasteiger partial charge in [0, 0.05) is 32.6 Å². The highest BCUT2D eigenvalue weighted by molar-refractivity contribution is 5.80. The van der Waals surface area contributed by atoms with Crippen molar-refractivity contribution < 1.29 is 9.13 Å². The van der Waals surface area contributed by atoms with E-state index in [1.165, 1.54) is 17.7 Å². The molecular weight excluding hydrogens is 341 g/mol. The van der Waals surface area contributed by atoms with Crippen molar-refractivity contribution in [1.82, 2.24) is 10.2 Å². The van der Waals surface area contributed by atoms with Gasteiger partial charge < -0.3 is 15.0 Å². The van der Waals surface area contributed by atoms with Crippen molar-refractivity contribution in [1.29, 1.82) is 0 Å². The number of hydrogen-bond donors (Lipinski definition) is 1. The normalized spacial score (nSPS) is 17.3. The van der Waals surface area contributed by atoms with Gasteiger partial charge in [0.2, 0.25) is 0 Å². The maximum absolute atomic E-state index is 13.0. The summed E-state index contributed by atoms with van der Waals surface area (Å²) >= 11 is 0. The first-order valence-electron chi connectivity index (χ1n) is 9.56. The summed E-state index contributed by atoms with van der Waals surface area (Å²) in [6, 6.07) is 16.9. The highest BCUT2D eigenvalue weighted by Crippen LogP contribution is 2.17. The van der Waals surface area contributed by atoms with E-state index in [2.05, 4.69) is 27.3 Å². The van der Waals surface area contributed by atoms with E-state index < -0.39 is 0 Å². The predicted octanol–water partition coefficient (Wildman–Crippen LogP) is 3.48. The summed E-state index contributed by atoms with van der Waals surface area (Å²) in [5.74, 6) is 1.27. The van der Waals surface area contributed by atoms with Crippen LogP contribution in [0.25, 0.3) is 0 Å². The van der Waals surface area contributed by atoms with Crippen LogP contribution in [-0.4, -0.2) is 44.1 Å². The lowest BCUT2D eigenvalue weighted by molar-refractivity contribution is 0.0907. The van der Waals surface area contributed by atoms with Gasteiger partial charge in [-0.1, -0.05) is 42.5 Å². The quantitative estimate of drug-likeness (QED) is 0.600. The number of ether oxygens (including phenoxy) is 1. The van der Waals surface area contributed by atoms with Gasteiger partial charge in [-0.15, -0.1) is 0 Å². The summed E-state index contributed by atoms with van der Waals surface area (Å²) in [5, 5.41) is 3.42. The van der Waals surface area contributed by atoms with Crippen LogP contribution in [0.4, 0.5) is 4.39 Å².